The lowest BCUT2D eigenvalue weighted by molar-refractivity contribution is 0.0696. The molecule has 0 aliphatic rings. The topological polar surface area (TPSA) is 46.5 Å². The molecule has 0 atom stereocenters. The molecular formula is C15H14O3S. The molecule has 0 saturated heterocycles. The number of rotatable bonds is 4. The molecule has 0 radical (unpaired) electrons. The molecule has 4 heteroatoms. The first-order valence-electron chi connectivity index (χ1n) is 5.76. The van der Waals surface area contributed by atoms with Crippen molar-refractivity contribution < 1.29 is 14.6 Å². The van der Waals surface area contributed by atoms with Crippen LogP contribution in [-0.2, 0) is 0 Å². The fourth-order valence-corrected chi connectivity index (χ4v) is 2.63. The molecule has 2 aromatic rings. The maximum atomic E-state index is 10.9. The van der Waals surface area contributed by atoms with Crippen LogP contribution in [0.25, 0.3) is 0 Å². The molecule has 2 aromatic carbocycles. The monoisotopic (exact) mass is 274 g/mol. The first-order valence-corrected chi connectivity index (χ1v) is 6.57. The van der Waals surface area contributed by atoms with Crippen LogP contribution in [0.3, 0.4) is 0 Å². The van der Waals surface area contributed by atoms with Crippen LogP contribution in [0.2, 0.25) is 0 Å². The van der Waals surface area contributed by atoms with Crippen LogP contribution in [0.5, 0.6) is 5.75 Å². The van der Waals surface area contributed by atoms with Gasteiger partial charge in [-0.05, 0) is 48.9 Å². The Morgan fingerprint density at radius 1 is 1.21 bits per heavy atom. The zero-order chi connectivity index (χ0) is 13.8. The minimum absolute atomic E-state index is 0.302. The zero-order valence-corrected chi connectivity index (χ0v) is 11.5. The van der Waals surface area contributed by atoms with E-state index in [4.69, 9.17) is 9.84 Å². The molecule has 0 aliphatic carbocycles. The zero-order valence-electron chi connectivity index (χ0n) is 10.7. The van der Waals surface area contributed by atoms with Crippen molar-refractivity contribution in [1.29, 1.82) is 0 Å². The van der Waals surface area contributed by atoms with E-state index >= 15 is 0 Å². The molecule has 0 unspecified atom stereocenters. The average molecular weight is 274 g/mol. The fourth-order valence-electron chi connectivity index (χ4n) is 1.68. The number of benzene rings is 2. The number of methoxy groups -OCH3 is 1. The van der Waals surface area contributed by atoms with Crippen molar-refractivity contribution in [2.45, 2.75) is 16.7 Å². The first kappa shape index (κ1) is 13.5. The average Bonchev–Trinajstić information content (AvgIpc) is 2.41. The van der Waals surface area contributed by atoms with Crippen LogP contribution in [-0.4, -0.2) is 18.2 Å². The van der Waals surface area contributed by atoms with Gasteiger partial charge in [-0.2, -0.15) is 0 Å². The molecule has 19 heavy (non-hydrogen) atoms. The Balaban J connectivity index is 2.26. The summed E-state index contributed by atoms with van der Waals surface area (Å²) in [7, 11) is 1.64. The van der Waals surface area contributed by atoms with E-state index in [1.54, 1.807) is 37.1 Å². The van der Waals surface area contributed by atoms with Crippen LogP contribution in [0.4, 0.5) is 0 Å². The lowest BCUT2D eigenvalue weighted by atomic mass is 10.2. The molecule has 0 aliphatic heterocycles. The lowest BCUT2D eigenvalue weighted by Gasteiger charge is -2.08. The maximum absolute atomic E-state index is 10.9. The largest absolute Gasteiger partial charge is 0.497 e. The number of carboxylic acids is 1. The summed E-state index contributed by atoms with van der Waals surface area (Å²) >= 11 is 1.55. The highest BCUT2D eigenvalue weighted by atomic mass is 32.2. The molecule has 0 amide bonds. The molecule has 0 bridgehead atoms. The van der Waals surface area contributed by atoms with Crippen molar-refractivity contribution in [1.82, 2.24) is 0 Å². The van der Waals surface area contributed by atoms with Gasteiger partial charge in [0, 0.05) is 9.79 Å². The summed E-state index contributed by atoms with van der Waals surface area (Å²) in [5.41, 5.74) is 1.40. The number of hydrogen-bond donors (Lipinski definition) is 1. The molecular weight excluding hydrogens is 260 g/mol. The Labute approximate surface area is 116 Å². The number of carbonyl (C=O) groups is 1. The summed E-state index contributed by atoms with van der Waals surface area (Å²) in [4.78, 5) is 12.9. The normalized spacial score (nSPS) is 10.2. The smallest absolute Gasteiger partial charge is 0.335 e. The van der Waals surface area contributed by atoms with E-state index < -0.39 is 5.97 Å². The van der Waals surface area contributed by atoms with Crippen molar-refractivity contribution >= 4 is 17.7 Å². The molecule has 2 rings (SSSR count). The van der Waals surface area contributed by atoms with E-state index in [2.05, 4.69) is 0 Å². The minimum atomic E-state index is -0.908. The first-order chi connectivity index (χ1) is 9.10. The van der Waals surface area contributed by atoms with Crippen LogP contribution in [0.15, 0.2) is 52.3 Å². The number of ether oxygens (including phenoxy) is 1. The van der Waals surface area contributed by atoms with Gasteiger partial charge in [0.15, 0.2) is 0 Å². The van der Waals surface area contributed by atoms with Crippen molar-refractivity contribution in [2.24, 2.45) is 0 Å². The third kappa shape index (κ3) is 3.29. The molecule has 1 N–H and O–H groups in total. The predicted octanol–water partition coefficient (Wildman–Crippen LogP) is 3.85. The maximum Gasteiger partial charge on any atom is 0.335 e. The van der Waals surface area contributed by atoms with Gasteiger partial charge in [-0.1, -0.05) is 17.8 Å². The van der Waals surface area contributed by atoms with Crippen LogP contribution in [0.1, 0.15) is 15.9 Å². The van der Waals surface area contributed by atoms with Gasteiger partial charge in [-0.3, -0.25) is 0 Å². The van der Waals surface area contributed by atoms with Crippen molar-refractivity contribution in [3.63, 3.8) is 0 Å². The van der Waals surface area contributed by atoms with Crippen molar-refractivity contribution in [3.8, 4) is 5.75 Å². The van der Waals surface area contributed by atoms with Gasteiger partial charge < -0.3 is 9.84 Å². The van der Waals surface area contributed by atoms with E-state index in [0.717, 1.165) is 21.1 Å². The predicted molar refractivity (Wildman–Crippen MR) is 75.3 cm³/mol. The van der Waals surface area contributed by atoms with Gasteiger partial charge in [-0.25, -0.2) is 4.79 Å². The Morgan fingerprint density at radius 2 is 2.00 bits per heavy atom. The molecule has 0 aromatic heterocycles. The number of aromatic carboxylic acids is 1. The molecule has 3 nitrogen and oxygen atoms in total. The summed E-state index contributed by atoms with van der Waals surface area (Å²) in [6, 6.07) is 12.8. The number of hydrogen-bond acceptors (Lipinski definition) is 3. The summed E-state index contributed by atoms with van der Waals surface area (Å²) in [5, 5.41) is 8.97. The molecule has 98 valence electrons. The summed E-state index contributed by atoms with van der Waals surface area (Å²) < 4.78 is 5.16. The fraction of sp³-hybridized carbons (Fsp3) is 0.133. The molecule has 0 heterocycles. The van der Waals surface area contributed by atoms with Gasteiger partial charge in [0.05, 0.1) is 12.7 Å². The summed E-state index contributed by atoms with van der Waals surface area (Å²) in [6.45, 7) is 2.01. The Kier molecular flexibility index (Phi) is 4.12. The quantitative estimate of drug-likeness (QED) is 0.919. The van der Waals surface area contributed by atoms with Gasteiger partial charge >= 0.3 is 5.97 Å². The van der Waals surface area contributed by atoms with E-state index in [0.29, 0.717) is 5.56 Å². The second kappa shape index (κ2) is 5.80. The second-order valence-corrected chi connectivity index (χ2v) is 5.18. The molecule has 0 saturated carbocycles. The lowest BCUT2D eigenvalue weighted by Crippen LogP contribution is -1.95. The van der Waals surface area contributed by atoms with Gasteiger partial charge in [0.25, 0.3) is 0 Å². The van der Waals surface area contributed by atoms with E-state index in [1.807, 2.05) is 31.2 Å². The minimum Gasteiger partial charge on any atom is -0.497 e. The van der Waals surface area contributed by atoms with Crippen LogP contribution < -0.4 is 4.74 Å². The summed E-state index contributed by atoms with van der Waals surface area (Å²) in [6.07, 6.45) is 0. The number of aryl methyl sites for hydroxylation is 1. The van der Waals surface area contributed by atoms with Crippen LogP contribution in [0, 0.1) is 6.92 Å². The van der Waals surface area contributed by atoms with Crippen molar-refractivity contribution in [2.75, 3.05) is 7.11 Å². The van der Waals surface area contributed by atoms with Gasteiger partial charge in [0.1, 0.15) is 5.75 Å². The second-order valence-electron chi connectivity index (χ2n) is 4.07. The Bertz CT molecular complexity index is 608. The highest BCUT2D eigenvalue weighted by molar-refractivity contribution is 7.99. The Morgan fingerprint density at radius 3 is 2.63 bits per heavy atom. The van der Waals surface area contributed by atoms with E-state index in [9.17, 15) is 4.79 Å². The van der Waals surface area contributed by atoms with Gasteiger partial charge in [0.2, 0.25) is 0 Å². The van der Waals surface area contributed by atoms with Gasteiger partial charge in [-0.15, -0.1) is 0 Å². The highest BCUT2D eigenvalue weighted by Crippen LogP contribution is 2.32. The number of carboxylic acid groups (broad SMARTS) is 1. The third-order valence-corrected chi connectivity index (χ3v) is 3.86. The van der Waals surface area contributed by atoms with E-state index in [-0.39, 0.29) is 0 Å². The van der Waals surface area contributed by atoms with E-state index in [1.165, 1.54) is 0 Å². The van der Waals surface area contributed by atoms with Crippen LogP contribution >= 0.6 is 11.8 Å². The van der Waals surface area contributed by atoms with Crippen molar-refractivity contribution in [3.05, 3.63) is 53.6 Å². The molecule has 0 spiro atoms. The standard InChI is InChI=1S/C15H14O3S/c1-10-8-12(18-2)6-7-14(10)19-13-5-3-4-11(9-13)15(16)17/h3-9H,1-2H3,(H,16,17). The SMILES string of the molecule is COc1ccc(Sc2cccc(C(=O)O)c2)c(C)c1. The Hall–Kier alpha value is -1.94. The highest BCUT2D eigenvalue weighted by Gasteiger charge is 2.06. The molecule has 0 fully saturated rings. The third-order valence-electron chi connectivity index (χ3n) is 2.69. The summed E-state index contributed by atoms with van der Waals surface area (Å²) in [5.74, 6) is -0.0879.